The highest BCUT2D eigenvalue weighted by molar-refractivity contribution is 5.39. The zero-order valence-corrected chi connectivity index (χ0v) is 13.1. The fraction of sp³-hybridized carbons (Fsp3) is 0.333. The van der Waals surface area contributed by atoms with E-state index in [0.717, 1.165) is 6.42 Å². The number of hydrogen-bond acceptors (Lipinski definition) is 4. The molecule has 0 aliphatic carbocycles. The summed E-state index contributed by atoms with van der Waals surface area (Å²) in [5.74, 6) is 0.327. The van der Waals surface area contributed by atoms with E-state index in [1.54, 1.807) is 36.4 Å². The van der Waals surface area contributed by atoms with Gasteiger partial charge in [0.1, 0.15) is 17.3 Å². The van der Waals surface area contributed by atoms with E-state index in [1.807, 2.05) is 6.92 Å². The molecular formula is C18H22FNO3. The molecule has 124 valence electrons. The number of rotatable bonds is 8. The third-order valence-corrected chi connectivity index (χ3v) is 3.45. The van der Waals surface area contributed by atoms with Gasteiger partial charge in [0.2, 0.25) is 0 Å². The number of ether oxygens (including phenoxy) is 1. The highest BCUT2D eigenvalue weighted by Gasteiger charge is 2.12. The molecule has 0 saturated carbocycles. The van der Waals surface area contributed by atoms with E-state index in [4.69, 9.17) is 4.74 Å². The maximum absolute atomic E-state index is 13.6. The molecule has 3 N–H and O–H groups in total. The summed E-state index contributed by atoms with van der Waals surface area (Å²) in [5.41, 5.74) is 0.946. The number of phenolic OH excluding ortho intramolecular Hbond substituents is 1. The van der Waals surface area contributed by atoms with E-state index in [2.05, 4.69) is 5.32 Å². The van der Waals surface area contributed by atoms with Gasteiger partial charge >= 0.3 is 0 Å². The van der Waals surface area contributed by atoms with Crippen molar-refractivity contribution in [1.29, 1.82) is 0 Å². The Morgan fingerprint density at radius 2 is 2.00 bits per heavy atom. The summed E-state index contributed by atoms with van der Waals surface area (Å²) >= 11 is 0. The molecule has 0 aromatic heterocycles. The molecule has 2 rings (SSSR count). The molecule has 2 aromatic carbocycles. The molecule has 0 amide bonds. The monoisotopic (exact) mass is 319 g/mol. The molecule has 0 bridgehead atoms. The molecular weight excluding hydrogens is 297 g/mol. The Kier molecular flexibility index (Phi) is 6.38. The van der Waals surface area contributed by atoms with E-state index in [9.17, 15) is 14.6 Å². The van der Waals surface area contributed by atoms with E-state index in [1.165, 1.54) is 6.07 Å². The molecule has 4 nitrogen and oxygen atoms in total. The van der Waals surface area contributed by atoms with E-state index in [0.29, 0.717) is 24.5 Å². The zero-order valence-electron chi connectivity index (χ0n) is 13.1. The maximum atomic E-state index is 13.6. The van der Waals surface area contributed by atoms with Crippen LogP contribution in [0.15, 0.2) is 42.5 Å². The highest BCUT2D eigenvalue weighted by atomic mass is 19.1. The number of aliphatic hydroxyl groups excluding tert-OH is 1. The number of hydrogen-bond donors (Lipinski definition) is 3. The second-order valence-corrected chi connectivity index (χ2v) is 5.31. The van der Waals surface area contributed by atoms with Crippen molar-refractivity contribution in [2.45, 2.75) is 26.0 Å². The van der Waals surface area contributed by atoms with Crippen LogP contribution in [0.25, 0.3) is 0 Å². The minimum absolute atomic E-state index is 0.131. The van der Waals surface area contributed by atoms with E-state index >= 15 is 0 Å². The first-order chi connectivity index (χ1) is 11.1. The number of phenols is 1. The minimum atomic E-state index is -0.939. The van der Waals surface area contributed by atoms with Crippen molar-refractivity contribution >= 4 is 0 Å². The van der Waals surface area contributed by atoms with Gasteiger partial charge in [-0.1, -0.05) is 31.2 Å². The molecule has 5 heteroatoms. The summed E-state index contributed by atoms with van der Waals surface area (Å²) < 4.78 is 19.0. The van der Waals surface area contributed by atoms with Gasteiger partial charge < -0.3 is 20.3 Å². The summed E-state index contributed by atoms with van der Waals surface area (Å²) in [5, 5.41) is 23.0. The van der Waals surface area contributed by atoms with Crippen LogP contribution >= 0.6 is 0 Å². The predicted molar refractivity (Wildman–Crippen MR) is 87.0 cm³/mol. The minimum Gasteiger partial charge on any atom is -0.507 e. The predicted octanol–water partition coefficient (Wildman–Crippen LogP) is 3.14. The Morgan fingerprint density at radius 1 is 1.22 bits per heavy atom. The van der Waals surface area contributed by atoms with Crippen LogP contribution in [0.2, 0.25) is 0 Å². The lowest BCUT2D eigenvalue weighted by atomic mass is 10.1. The fourth-order valence-electron chi connectivity index (χ4n) is 2.20. The van der Waals surface area contributed by atoms with Crippen LogP contribution in [0.3, 0.4) is 0 Å². The number of aliphatic hydroxyl groups is 1. The van der Waals surface area contributed by atoms with Gasteiger partial charge in [0.15, 0.2) is 0 Å². The molecule has 0 spiro atoms. The Labute approximate surface area is 135 Å². The van der Waals surface area contributed by atoms with Crippen molar-refractivity contribution in [2.75, 3.05) is 13.2 Å². The second kappa shape index (κ2) is 8.50. The topological polar surface area (TPSA) is 61.7 Å². The van der Waals surface area contributed by atoms with Crippen LogP contribution in [0.1, 0.15) is 30.6 Å². The van der Waals surface area contributed by atoms with E-state index < -0.39 is 11.9 Å². The SMILES string of the molecule is CCCOc1ccc(CNCC(O)c2ccccc2F)c(O)c1. The van der Waals surface area contributed by atoms with Crippen LogP contribution in [0, 0.1) is 5.82 Å². The van der Waals surface area contributed by atoms with Crippen LogP contribution in [-0.4, -0.2) is 23.4 Å². The van der Waals surface area contributed by atoms with Crippen molar-refractivity contribution in [3.63, 3.8) is 0 Å². The first kappa shape index (κ1) is 17.2. The van der Waals surface area contributed by atoms with Gasteiger partial charge in [-0.2, -0.15) is 0 Å². The highest BCUT2D eigenvalue weighted by Crippen LogP contribution is 2.24. The Balaban J connectivity index is 1.87. The third kappa shape index (κ3) is 4.94. The first-order valence-electron chi connectivity index (χ1n) is 7.69. The Bertz CT molecular complexity index is 633. The van der Waals surface area contributed by atoms with Gasteiger partial charge in [-0.05, 0) is 18.6 Å². The summed E-state index contributed by atoms with van der Waals surface area (Å²) in [6.07, 6.45) is -0.0386. The molecule has 2 aromatic rings. The van der Waals surface area contributed by atoms with Gasteiger partial charge in [0.25, 0.3) is 0 Å². The average Bonchev–Trinajstić information content (AvgIpc) is 2.55. The standard InChI is InChI=1S/C18H22FNO3/c1-2-9-23-14-8-7-13(17(21)10-14)11-20-12-18(22)15-5-3-4-6-16(15)19/h3-8,10,18,20-22H,2,9,11-12H2,1H3. The number of halogens is 1. The molecule has 23 heavy (non-hydrogen) atoms. The number of nitrogens with one attached hydrogen (secondary N) is 1. The molecule has 0 saturated heterocycles. The van der Waals surface area contributed by atoms with Crippen LogP contribution in [-0.2, 0) is 6.54 Å². The van der Waals surface area contributed by atoms with Gasteiger partial charge in [-0.15, -0.1) is 0 Å². The van der Waals surface area contributed by atoms with Crippen molar-refractivity contribution in [3.05, 3.63) is 59.4 Å². The van der Waals surface area contributed by atoms with Crippen LogP contribution < -0.4 is 10.1 Å². The lowest BCUT2D eigenvalue weighted by molar-refractivity contribution is 0.169. The molecule has 0 fully saturated rings. The second-order valence-electron chi connectivity index (χ2n) is 5.31. The van der Waals surface area contributed by atoms with Crippen molar-refractivity contribution < 1.29 is 19.3 Å². The average molecular weight is 319 g/mol. The summed E-state index contributed by atoms with van der Waals surface area (Å²) in [6, 6.07) is 11.3. The normalized spacial score (nSPS) is 12.1. The largest absolute Gasteiger partial charge is 0.507 e. The zero-order chi connectivity index (χ0) is 16.7. The van der Waals surface area contributed by atoms with E-state index in [-0.39, 0.29) is 17.9 Å². The lowest BCUT2D eigenvalue weighted by Gasteiger charge is -2.14. The van der Waals surface area contributed by atoms with Gasteiger partial charge in [0, 0.05) is 30.3 Å². The summed E-state index contributed by atoms with van der Waals surface area (Å²) in [4.78, 5) is 0. The van der Waals surface area contributed by atoms with Crippen LogP contribution in [0.4, 0.5) is 4.39 Å². The molecule has 1 unspecified atom stereocenters. The first-order valence-corrected chi connectivity index (χ1v) is 7.69. The Hall–Kier alpha value is -2.11. The number of aromatic hydroxyl groups is 1. The maximum Gasteiger partial charge on any atom is 0.129 e. The van der Waals surface area contributed by atoms with Crippen molar-refractivity contribution in [3.8, 4) is 11.5 Å². The quantitative estimate of drug-likeness (QED) is 0.699. The van der Waals surface area contributed by atoms with Crippen molar-refractivity contribution in [1.82, 2.24) is 5.32 Å². The van der Waals surface area contributed by atoms with Gasteiger partial charge in [-0.25, -0.2) is 4.39 Å². The summed E-state index contributed by atoms with van der Waals surface area (Å²) in [6.45, 7) is 3.17. The van der Waals surface area contributed by atoms with Crippen molar-refractivity contribution in [2.24, 2.45) is 0 Å². The number of benzene rings is 2. The third-order valence-electron chi connectivity index (χ3n) is 3.45. The van der Waals surface area contributed by atoms with Gasteiger partial charge in [-0.3, -0.25) is 0 Å². The van der Waals surface area contributed by atoms with Gasteiger partial charge in [0.05, 0.1) is 12.7 Å². The molecule has 0 heterocycles. The van der Waals surface area contributed by atoms with Crippen LogP contribution in [0.5, 0.6) is 11.5 Å². The molecule has 1 atom stereocenters. The molecule has 0 aliphatic heterocycles. The summed E-state index contributed by atoms with van der Waals surface area (Å²) in [7, 11) is 0. The molecule has 0 radical (unpaired) electrons. The smallest absolute Gasteiger partial charge is 0.129 e. The molecule has 0 aliphatic rings. The fourth-order valence-corrected chi connectivity index (χ4v) is 2.20. The lowest BCUT2D eigenvalue weighted by Crippen LogP contribution is -2.21. The Morgan fingerprint density at radius 3 is 2.70 bits per heavy atom.